The largest absolute Gasteiger partial charge is 0.481 e. The van der Waals surface area contributed by atoms with Crippen LogP contribution in [0, 0.1) is 0 Å². The van der Waals surface area contributed by atoms with Gasteiger partial charge in [0.15, 0.2) is 0 Å². The Labute approximate surface area is 157 Å². The molecule has 1 aliphatic rings. The second-order valence-electron chi connectivity index (χ2n) is 6.62. The molecular weight excluding hydrogens is 344 g/mol. The van der Waals surface area contributed by atoms with Crippen molar-refractivity contribution in [2.45, 2.75) is 31.7 Å². The van der Waals surface area contributed by atoms with E-state index < -0.39 is 12.0 Å². The lowest BCUT2D eigenvalue weighted by Crippen LogP contribution is -2.31. The number of rotatable bonds is 7. The Hall–Kier alpha value is -3.15. The lowest BCUT2D eigenvalue weighted by molar-refractivity contribution is -0.137. The molecule has 0 saturated carbocycles. The predicted molar refractivity (Wildman–Crippen MR) is 101 cm³/mol. The van der Waals surface area contributed by atoms with Gasteiger partial charge in [0, 0.05) is 18.7 Å². The van der Waals surface area contributed by atoms with Crippen LogP contribution in [0.2, 0.25) is 0 Å². The quantitative estimate of drug-likeness (QED) is 0.789. The third kappa shape index (κ3) is 4.94. The number of aliphatic carboxylic acids is 1. The molecule has 0 bridgehead atoms. The maximum absolute atomic E-state index is 12.4. The first-order valence-corrected chi connectivity index (χ1v) is 8.98. The molecule has 2 aromatic carbocycles. The molecule has 2 N–H and O–H groups in total. The molecule has 6 nitrogen and oxygen atoms in total. The van der Waals surface area contributed by atoms with Crippen LogP contribution in [0.4, 0.5) is 5.69 Å². The molecule has 3 rings (SSSR count). The summed E-state index contributed by atoms with van der Waals surface area (Å²) in [5, 5.41) is 11.9. The Balaban J connectivity index is 1.63. The van der Waals surface area contributed by atoms with Gasteiger partial charge in [0.2, 0.25) is 11.8 Å². The number of hydrogen-bond acceptors (Lipinski definition) is 3. The van der Waals surface area contributed by atoms with Crippen LogP contribution in [-0.2, 0) is 20.8 Å². The normalized spacial score (nSPS) is 14.8. The van der Waals surface area contributed by atoms with Gasteiger partial charge in [-0.3, -0.25) is 14.4 Å². The first-order chi connectivity index (χ1) is 13.0. The van der Waals surface area contributed by atoms with Crippen molar-refractivity contribution >= 4 is 23.5 Å². The molecular formula is C21H22N2O4. The number of carbonyl (C=O) groups excluding carboxylic acids is 2. The lowest BCUT2D eigenvalue weighted by atomic mass is 10.0. The molecule has 0 aromatic heterocycles. The van der Waals surface area contributed by atoms with Crippen LogP contribution < -0.4 is 10.2 Å². The summed E-state index contributed by atoms with van der Waals surface area (Å²) >= 11 is 0. The fourth-order valence-corrected chi connectivity index (χ4v) is 3.26. The number of amides is 2. The zero-order valence-corrected chi connectivity index (χ0v) is 14.9. The monoisotopic (exact) mass is 366 g/mol. The van der Waals surface area contributed by atoms with E-state index in [0.29, 0.717) is 6.42 Å². The second-order valence-corrected chi connectivity index (χ2v) is 6.62. The minimum Gasteiger partial charge on any atom is -0.481 e. The van der Waals surface area contributed by atoms with Crippen LogP contribution in [0.25, 0.3) is 0 Å². The van der Waals surface area contributed by atoms with E-state index in [9.17, 15) is 14.4 Å². The van der Waals surface area contributed by atoms with Gasteiger partial charge in [-0.15, -0.1) is 0 Å². The Kier molecular flexibility index (Phi) is 5.86. The highest BCUT2D eigenvalue weighted by Crippen LogP contribution is 2.22. The highest BCUT2D eigenvalue weighted by Gasteiger charge is 2.22. The van der Waals surface area contributed by atoms with E-state index in [2.05, 4.69) is 5.32 Å². The third-order valence-corrected chi connectivity index (χ3v) is 4.60. The molecule has 0 unspecified atom stereocenters. The number of anilines is 1. The molecule has 0 aliphatic carbocycles. The first kappa shape index (κ1) is 18.6. The van der Waals surface area contributed by atoms with Crippen LogP contribution in [0.5, 0.6) is 0 Å². The number of hydrogen-bond donors (Lipinski definition) is 2. The fraction of sp³-hybridized carbons (Fsp3) is 0.286. The molecule has 2 amide bonds. The fourth-order valence-electron chi connectivity index (χ4n) is 3.26. The van der Waals surface area contributed by atoms with E-state index in [-0.39, 0.29) is 24.7 Å². The summed E-state index contributed by atoms with van der Waals surface area (Å²) in [5.41, 5.74) is 2.41. The summed E-state index contributed by atoms with van der Waals surface area (Å²) < 4.78 is 0. The summed E-state index contributed by atoms with van der Waals surface area (Å²) in [6.45, 7) is 0.729. The van der Waals surface area contributed by atoms with Crippen LogP contribution in [0.3, 0.4) is 0 Å². The van der Waals surface area contributed by atoms with E-state index in [0.717, 1.165) is 29.8 Å². The summed E-state index contributed by atoms with van der Waals surface area (Å²) in [4.78, 5) is 37.1. The number of nitrogens with zero attached hydrogens (tertiary/aromatic N) is 1. The molecule has 2 aromatic rings. The van der Waals surface area contributed by atoms with Crippen molar-refractivity contribution in [3.63, 3.8) is 0 Å². The number of carboxylic acids is 1. The van der Waals surface area contributed by atoms with Gasteiger partial charge in [0.1, 0.15) is 0 Å². The van der Waals surface area contributed by atoms with Gasteiger partial charge in [0.25, 0.3) is 0 Å². The van der Waals surface area contributed by atoms with Crippen LogP contribution >= 0.6 is 0 Å². The molecule has 0 radical (unpaired) electrons. The number of carboxylic acid groups (broad SMARTS) is 1. The second kappa shape index (κ2) is 8.49. The molecule has 1 fully saturated rings. The van der Waals surface area contributed by atoms with Crippen molar-refractivity contribution < 1.29 is 19.5 Å². The minimum absolute atomic E-state index is 0.125. The van der Waals surface area contributed by atoms with Gasteiger partial charge in [-0.2, -0.15) is 0 Å². The Morgan fingerprint density at radius 1 is 1.07 bits per heavy atom. The molecule has 140 valence electrons. The summed E-state index contributed by atoms with van der Waals surface area (Å²) in [6, 6.07) is 15.8. The average Bonchev–Trinajstić information content (AvgIpc) is 3.08. The van der Waals surface area contributed by atoms with Crippen LogP contribution in [-0.4, -0.2) is 29.4 Å². The number of nitrogens with one attached hydrogen (secondary N) is 1. The van der Waals surface area contributed by atoms with Crippen LogP contribution in [0.1, 0.15) is 36.4 Å². The zero-order valence-electron chi connectivity index (χ0n) is 14.9. The van der Waals surface area contributed by atoms with Crippen molar-refractivity contribution in [1.82, 2.24) is 5.32 Å². The standard InChI is InChI=1S/C21H22N2O4/c24-19(22-18(14-21(26)27)16-5-2-1-3-6-16)13-15-8-10-17(11-9-15)23-12-4-7-20(23)25/h1-3,5-6,8-11,18H,4,7,12-14H2,(H,22,24)(H,26,27)/t18-/m0/s1. The SMILES string of the molecule is O=C(O)C[C@H](NC(=O)Cc1ccc(N2CCCC2=O)cc1)c1ccccc1. The molecule has 1 heterocycles. The molecule has 6 heteroatoms. The van der Waals surface area contributed by atoms with E-state index in [1.165, 1.54) is 0 Å². The van der Waals surface area contributed by atoms with Crippen molar-refractivity contribution in [1.29, 1.82) is 0 Å². The predicted octanol–water partition coefficient (Wildman–Crippen LogP) is 2.69. The van der Waals surface area contributed by atoms with Gasteiger partial charge in [-0.25, -0.2) is 0 Å². The molecule has 1 aliphatic heterocycles. The van der Waals surface area contributed by atoms with E-state index in [1.807, 2.05) is 42.5 Å². The maximum atomic E-state index is 12.4. The van der Waals surface area contributed by atoms with Crippen LogP contribution in [0.15, 0.2) is 54.6 Å². The minimum atomic E-state index is -0.969. The van der Waals surface area contributed by atoms with Crippen molar-refractivity contribution in [3.8, 4) is 0 Å². The highest BCUT2D eigenvalue weighted by atomic mass is 16.4. The van der Waals surface area contributed by atoms with Gasteiger partial charge in [0.05, 0.1) is 18.9 Å². The van der Waals surface area contributed by atoms with Crippen molar-refractivity contribution in [2.75, 3.05) is 11.4 Å². The van der Waals surface area contributed by atoms with Gasteiger partial charge in [-0.05, 0) is 29.7 Å². The average molecular weight is 366 g/mol. The van der Waals surface area contributed by atoms with Gasteiger partial charge < -0.3 is 15.3 Å². The maximum Gasteiger partial charge on any atom is 0.305 e. The third-order valence-electron chi connectivity index (χ3n) is 4.60. The number of benzene rings is 2. The molecule has 0 spiro atoms. The molecule has 27 heavy (non-hydrogen) atoms. The molecule has 1 atom stereocenters. The topological polar surface area (TPSA) is 86.7 Å². The Morgan fingerprint density at radius 2 is 1.78 bits per heavy atom. The van der Waals surface area contributed by atoms with E-state index in [4.69, 9.17) is 5.11 Å². The Morgan fingerprint density at radius 3 is 2.37 bits per heavy atom. The van der Waals surface area contributed by atoms with Gasteiger partial charge in [-0.1, -0.05) is 42.5 Å². The van der Waals surface area contributed by atoms with Crippen molar-refractivity contribution in [3.05, 3.63) is 65.7 Å². The summed E-state index contributed by atoms with van der Waals surface area (Å²) in [5.74, 6) is -1.08. The summed E-state index contributed by atoms with van der Waals surface area (Å²) in [7, 11) is 0. The Bertz CT molecular complexity index is 818. The lowest BCUT2D eigenvalue weighted by Gasteiger charge is -2.18. The van der Waals surface area contributed by atoms with Gasteiger partial charge >= 0.3 is 5.97 Å². The molecule has 1 saturated heterocycles. The smallest absolute Gasteiger partial charge is 0.305 e. The number of carbonyl (C=O) groups is 3. The summed E-state index contributed by atoms with van der Waals surface area (Å²) in [6.07, 6.45) is 1.42. The van der Waals surface area contributed by atoms with Crippen molar-refractivity contribution in [2.24, 2.45) is 0 Å². The van der Waals surface area contributed by atoms with E-state index in [1.54, 1.807) is 17.0 Å². The first-order valence-electron chi connectivity index (χ1n) is 8.98. The highest BCUT2D eigenvalue weighted by molar-refractivity contribution is 5.95. The van der Waals surface area contributed by atoms with E-state index >= 15 is 0 Å². The zero-order chi connectivity index (χ0) is 19.2.